The first-order valence-electron chi connectivity index (χ1n) is 5.15. The molecule has 0 aliphatic rings. The van der Waals surface area contributed by atoms with Gasteiger partial charge in [0.25, 0.3) is 8.96 Å². The molecule has 0 spiro atoms. The van der Waals surface area contributed by atoms with Gasteiger partial charge in [0.2, 0.25) is 0 Å². The van der Waals surface area contributed by atoms with E-state index in [1.54, 1.807) is 48.5 Å². The third-order valence-corrected chi connectivity index (χ3v) is 5.57. The molecule has 0 heterocycles. The zero-order valence-corrected chi connectivity index (χ0v) is 11.8. The lowest BCUT2D eigenvalue weighted by molar-refractivity contribution is 0.535. The summed E-state index contributed by atoms with van der Waals surface area (Å²) in [6, 6.07) is 17.5. The van der Waals surface area contributed by atoms with Crippen LogP contribution < -0.4 is 3.29 Å². The molecule has 0 fully saturated rings. The molecule has 2 rings (SSSR count). The Labute approximate surface area is 117 Å². The van der Waals surface area contributed by atoms with Gasteiger partial charge in [-0.05, 0) is 24.3 Å². The third-order valence-electron chi connectivity index (χ3n) is 2.52. The number of rotatable bonds is 3. The predicted octanol–water partition coefficient (Wildman–Crippen LogP) is 2.92. The summed E-state index contributed by atoms with van der Waals surface area (Å²) >= 11 is 10.1. The quantitative estimate of drug-likeness (QED) is 0.698. The van der Waals surface area contributed by atoms with Gasteiger partial charge in [0.1, 0.15) is 11.4 Å². The lowest BCUT2D eigenvalue weighted by Gasteiger charge is -2.40. The molecule has 0 aliphatic heterocycles. The standard InChI is InChI=1S/C12H11NO2S3/c14-18(15,17)13(16,11-7-3-1-4-8-11)12-9-5-2-6-10-12/h1-10H,(H,14,15,17). The van der Waals surface area contributed by atoms with E-state index in [1.807, 2.05) is 12.1 Å². The van der Waals surface area contributed by atoms with Gasteiger partial charge in [-0.2, -0.15) is 4.21 Å². The minimum atomic E-state index is -3.68. The Kier molecular flexibility index (Phi) is 3.74. The number of nitrogens with zero attached hydrogens (tertiary/aromatic N) is 1. The lowest BCUT2D eigenvalue weighted by Crippen LogP contribution is -2.42. The Bertz CT molecular complexity index is 587. The highest BCUT2D eigenvalue weighted by Crippen LogP contribution is 2.36. The number of hydrogen-bond donors (Lipinski definition) is 1. The molecule has 1 atom stereocenters. The second-order valence-electron chi connectivity index (χ2n) is 3.67. The van der Waals surface area contributed by atoms with Gasteiger partial charge in [0, 0.05) is 0 Å². The van der Waals surface area contributed by atoms with Crippen molar-refractivity contribution in [2.45, 2.75) is 0 Å². The van der Waals surface area contributed by atoms with Crippen LogP contribution >= 0.6 is 0 Å². The van der Waals surface area contributed by atoms with Crippen LogP contribution in [0.15, 0.2) is 60.7 Å². The summed E-state index contributed by atoms with van der Waals surface area (Å²) in [5, 5.41) is 0. The molecule has 0 bridgehead atoms. The molecule has 0 amide bonds. The molecule has 3 nitrogen and oxygen atoms in total. The Morgan fingerprint density at radius 2 is 1.28 bits per heavy atom. The first-order chi connectivity index (χ1) is 8.46. The summed E-state index contributed by atoms with van der Waals surface area (Å²) in [5.74, 6) is 0. The predicted molar refractivity (Wildman–Crippen MR) is 79.8 cm³/mol. The summed E-state index contributed by atoms with van der Waals surface area (Å²) in [5.41, 5.74) is 1.00. The van der Waals surface area contributed by atoms with Crippen LogP contribution in [0.2, 0.25) is 0 Å². The Morgan fingerprint density at radius 3 is 1.56 bits per heavy atom. The molecule has 0 saturated heterocycles. The van der Waals surface area contributed by atoms with Crippen molar-refractivity contribution < 1.29 is 8.76 Å². The van der Waals surface area contributed by atoms with Crippen LogP contribution in [-0.2, 0) is 33.0 Å². The second kappa shape index (κ2) is 4.99. The van der Waals surface area contributed by atoms with Crippen molar-refractivity contribution >= 4 is 44.3 Å². The van der Waals surface area contributed by atoms with Gasteiger partial charge in [-0.1, -0.05) is 36.4 Å². The highest BCUT2D eigenvalue weighted by atomic mass is 32.9. The highest BCUT2D eigenvalue weighted by Gasteiger charge is 2.31. The smallest absolute Gasteiger partial charge is 0.292 e. The number of hydrogen-bond acceptors (Lipinski definition) is 3. The van der Waals surface area contributed by atoms with Crippen molar-refractivity contribution in [2.24, 2.45) is 0 Å². The average molecular weight is 297 g/mol. The topological polar surface area (TPSA) is 37.3 Å². The molecular weight excluding hydrogens is 286 g/mol. The van der Waals surface area contributed by atoms with Crippen molar-refractivity contribution in [3.63, 3.8) is 0 Å². The van der Waals surface area contributed by atoms with Crippen molar-refractivity contribution in [1.82, 2.24) is 3.29 Å². The molecular formula is C12H11NO2S3. The van der Waals surface area contributed by atoms with E-state index in [0.29, 0.717) is 11.4 Å². The summed E-state index contributed by atoms with van der Waals surface area (Å²) in [7, 11) is -3.68. The van der Waals surface area contributed by atoms with Crippen LogP contribution in [-0.4, -0.2) is 8.76 Å². The van der Waals surface area contributed by atoms with Gasteiger partial charge >= 0.3 is 0 Å². The molecule has 2 aromatic carbocycles. The maximum atomic E-state index is 12.0. The molecule has 2 aromatic rings. The van der Waals surface area contributed by atoms with E-state index in [-0.39, 0.29) is 0 Å². The maximum Gasteiger partial charge on any atom is 0.292 e. The lowest BCUT2D eigenvalue weighted by atomic mass is 10.3. The Balaban J connectivity index is 2.72. The first-order valence-corrected chi connectivity index (χ1v) is 7.91. The van der Waals surface area contributed by atoms with E-state index in [2.05, 4.69) is 0 Å². The fourth-order valence-electron chi connectivity index (χ4n) is 1.66. The second-order valence-corrected chi connectivity index (χ2v) is 7.20. The molecule has 0 radical (unpaired) electrons. The molecule has 6 heteroatoms. The largest absolute Gasteiger partial charge is 0.462 e. The van der Waals surface area contributed by atoms with Crippen molar-refractivity contribution in [2.75, 3.05) is 0 Å². The van der Waals surface area contributed by atoms with Crippen LogP contribution in [0.3, 0.4) is 0 Å². The van der Waals surface area contributed by atoms with E-state index in [4.69, 9.17) is 24.0 Å². The summed E-state index contributed by atoms with van der Waals surface area (Å²) in [4.78, 5) is 0. The summed E-state index contributed by atoms with van der Waals surface area (Å²) < 4.78 is 21.2. The molecule has 1 N–H and O–H groups in total. The van der Waals surface area contributed by atoms with Crippen LogP contribution in [0.4, 0.5) is 11.4 Å². The minimum Gasteiger partial charge on any atom is -0.462 e. The number of para-hydroxylation sites is 2. The zero-order chi connectivity index (χ0) is 13.2. The average Bonchev–Trinajstić information content (AvgIpc) is 2.38. The van der Waals surface area contributed by atoms with Crippen LogP contribution in [0.25, 0.3) is 0 Å². The Morgan fingerprint density at radius 1 is 0.944 bits per heavy atom. The molecule has 94 valence electrons. The van der Waals surface area contributed by atoms with E-state index < -0.39 is 12.3 Å². The number of benzene rings is 2. The van der Waals surface area contributed by atoms with Gasteiger partial charge < -0.3 is 12.8 Å². The molecule has 0 saturated carbocycles. The van der Waals surface area contributed by atoms with E-state index in [0.717, 1.165) is 0 Å². The Hall–Kier alpha value is -0.920. The zero-order valence-electron chi connectivity index (χ0n) is 9.30. The van der Waals surface area contributed by atoms with Gasteiger partial charge in [0.15, 0.2) is 0 Å². The van der Waals surface area contributed by atoms with Gasteiger partial charge in [-0.25, -0.2) is 0 Å². The van der Waals surface area contributed by atoms with Crippen LogP contribution in [0, 0.1) is 0 Å². The SMILES string of the molecule is O=S(O)(=S)[N+]([S-])(c1ccccc1)c1ccccc1. The fourth-order valence-corrected chi connectivity index (χ4v) is 3.20. The normalized spacial score (nSPS) is 15.0. The van der Waals surface area contributed by atoms with Crippen molar-refractivity contribution in [3.05, 3.63) is 60.7 Å². The number of quaternary nitrogens is 1. The van der Waals surface area contributed by atoms with Crippen LogP contribution in [0.1, 0.15) is 0 Å². The summed E-state index contributed by atoms with van der Waals surface area (Å²) in [6.07, 6.45) is 0. The monoisotopic (exact) mass is 297 g/mol. The van der Waals surface area contributed by atoms with E-state index in [9.17, 15) is 8.76 Å². The first kappa shape index (κ1) is 13.5. The maximum absolute atomic E-state index is 12.0. The molecule has 0 aliphatic carbocycles. The van der Waals surface area contributed by atoms with E-state index >= 15 is 0 Å². The van der Waals surface area contributed by atoms with Gasteiger partial charge in [-0.3, -0.25) is 7.85 Å². The third kappa shape index (κ3) is 2.30. The summed E-state index contributed by atoms with van der Waals surface area (Å²) in [6.45, 7) is 0. The molecule has 0 aromatic heterocycles. The van der Waals surface area contributed by atoms with Gasteiger partial charge in [-0.15, -0.1) is 0 Å². The van der Waals surface area contributed by atoms with Crippen LogP contribution in [0.5, 0.6) is 0 Å². The molecule has 1 unspecified atom stereocenters. The fraction of sp³-hybridized carbons (Fsp3) is 0. The van der Waals surface area contributed by atoms with Crippen molar-refractivity contribution in [3.8, 4) is 0 Å². The van der Waals surface area contributed by atoms with Crippen molar-refractivity contribution in [1.29, 1.82) is 0 Å². The molecule has 18 heavy (non-hydrogen) atoms. The minimum absolute atomic E-state index is 0.501. The van der Waals surface area contributed by atoms with E-state index in [1.165, 1.54) is 0 Å². The van der Waals surface area contributed by atoms with Gasteiger partial charge in [0.05, 0.1) is 11.2 Å². The highest BCUT2D eigenvalue weighted by molar-refractivity contribution is 8.31.